The number of carbonyl (C=O) groups excluding carboxylic acids is 2. The predicted molar refractivity (Wildman–Crippen MR) is 122 cm³/mol. The summed E-state index contributed by atoms with van der Waals surface area (Å²) in [6, 6.07) is -0.669. The molecule has 0 aromatic heterocycles. The average Bonchev–Trinajstić information content (AvgIpc) is 2.62. The second-order valence-electron chi connectivity index (χ2n) is 8.83. The van der Waals surface area contributed by atoms with Crippen molar-refractivity contribution in [3.63, 3.8) is 0 Å². The first-order valence-corrected chi connectivity index (χ1v) is 12.1. The van der Waals surface area contributed by atoms with Gasteiger partial charge in [0.1, 0.15) is 11.6 Å². The number of amides is 1. The van der Waals surface area contributed by atoms with Gasteiger partial charge in [0.05, 0.1) is 0 Å². The summed E-state index contributed by atoms with van der Waals surface area (Å²) >= 11 is 4.16. The Hall–Kier alpha value is -0.710. The Bertz CT molecular complexity index is 407. The molecule has 0 fully saturated rings. The normalized spacial score (nSPS) is 12.6. The van der Waals surface area contributed by atoms with Crippen molar-refractivity contribution in [2.45, 2.75) is 129 Å². The zero-order chi connectivity index (χ0) is 21.3. The largest absolute Gasteiger partial charge is 0.458 e. The maximum atomic E-state index is 12.0. The van der Waals surface area contributed by atoms with E-state index in [2.05, 4.69) is 24.9 Å². The molecule has 0 aliphatic heterocycles. The molecule has 5 heteroatoms. The molecule has 166 valence electrons. The third kappa shape index (κ3) is 17.4. The fourth-order valence-corrected chi connectivity index (χ4v) is 3.36. The lowest BCUT2D eigenvalue weighted by atomic mass is 10.0. The lowest BCUT2D eigenvalue weighted by molar-refractivity contribution is -0.157. The summed E-state index contributed by atoms with van der Waals surface area (Å²) in [6.45, 7) is 7.71. The van der Waals surface area contributed by atoms with Gasteiger partial charge in [0.2, 0.25) is 5.91 Å². The Morgan fingerprint density at radius 2 is 1.25 bits per heavy atom. The highest BCUT2D eigenvalue weighted by molar-refractivity contribution is 7.80. The van der Waals surface area contributed by atoms with Crippen LogP contribution in [0.4, 0.5) is 0 Å². The predicted octanol–water partition coefficient (Wildman–Crippen LogP) is 6.22. The summed E-state index contributed by atoms with van der Waals surface area (Å²) in [7, 11) is 0. The van der Waals surface area contributed by atoms with E-state index in [1.54, 1.807) is 0 Å². The molecule has 0 rings (SSSR count). The van der Waals surface area contributed by atoms with E-state index in [9.17, 15) is 9.59 Å². The van der Waals surface area contributed by atoms with Crippen LogP contribution in [0.1, 0.15) is 118 Å². The minimum absolute atomic E-state index is 0.0898. The van der Waals surface area contributed by atoms with Crippen LogP contribution in [0.2, 0.25) is 0 Å². The van der Waals surface area contributed by atoms with Gasteiger partial charge < -0.3 is 10.1 Å². The quantitative estimate of drug-likeness (QED) is 0.168. The molecule has 28 heavy (non-hydrogen) atoms. The number of esters is 1. The van der Waals surface area contributed by atoms with Crippen LogP contribution in [-0.2, 0) is 14.3 Å². The van der Waals surface area contributed by atoms with Crippen molar-refractivity contribution in [3.8, 4) is 0 Å². The zero-order valence-corrected chi connectivity index (χ0v) is 19.8. The topological polar surface area (TPSA) is 55.4 Å². The first-order chi connectivity index (χ1) is 13.3. The standard InChI is InChI=1S/C23H45NO3S/c1-5-6-7-8-9-10-11-12-13-14-15-16-17-18-21(25)24-20(19-28)22(26)27-23(2,3)4/h20,28H,5-19H2,1-4H3,(H,24,25)/t20-/m0/s1. The third-order valence-electron chi connectivity index (χ3n) is 4.72. The Morgan fingerprint density at radius 1 is 0.821 bits per heavy atom. The molecule has 0 aromatic rings. The summed E-state index contributed by atoms with van der Waals surface area (Å²) < 4.78 is 5.31. The molecule has 0 radical (unpaired) electrons. The lowest BCUT2D eigenvalue weighted by Gasteiger charge is -2.23. The van der Waals surface area contributed by atoms with Crippen molar-refractivity contribution in [3.05, 3.63) is 0 Å². The van der Waals surface area contributed by atoms with E-state index in [0.29, 0.717) is 6.42 Å². The number of ether oxygens (including phenoxy) is 1. The molecule has 0 saturated carbocycles. The summed E-state index contributed by atoms with van der Waals surface area (Å²) in [4.78, 5) is 24.1. The molecule has 0 unspecified atom stereocenters. The van der Waals surface area contributed by atoms with E-state index < -0.39 is 17.6 Å². The van der Waals surface area contributed by atoms with Gasteiger partial charge in [0.25, 0.3) is 0 Å². The number of hydrogen-bond acceptors (Lipinski definition) is 4. The molecular formula is C23H45NO3S. The fraction of sp³-hybridized carbons (Fsp3) is 0.913. The minimum Gasteiger partial charge on any atom is -0.458 e. The zero-order valence-electron chi connectivity index (χ0n) is 18.9. The van der Waals surface area contributed by atoms with Crippen LogP contribution >= 0.6 is 12.6 Å². The van der Waals surface area contributed by atoms with Crippen LogP contribution in [0.3, 0.4) is 0 Å². The van der Waals surface area contributed by atoms with Gasteiger partial charge in [-0.1, -0.05) is 84.0 Å². The smallest absolute Gasteiger partial charge is 0.330 e. The molecule has 0 spiro atoms. The highest BCUT2D eigenvalue weighted by Crippen LogP contribution is 2.13. The first kappa shape index (κ1) is 27.3. The van der Waals surface area contributed by atoms with E-state index in [1.807, 2.05) is 20.8 Å². The van der Waals surface area contributed by atoms with Crippen LogP contribution in [0.5, 0.6) is 0 Å². The van der Waals surface area contributed by atoms with Gasteiger partial charge >= 0.3 is 5.97 Å². The number of unbranched alkanes of at least 4 members (excludes halogenated alkanes) is 12. The highest BCUT2D eigenvalue weighted by Gasteiger charge is 2.25. The van der Waals surface area contributed by atoms with Gasteiger partial charge in [-0.25, -0.2) is 4.79 Å². The Kier molecular flexibility index (Phi) is 16.7. The molecule has 4 nitrogen and oxygen atoms in total. The van der Waals surface area contributed by atoms with Crippen molar-refractivity contribution in [2.75, 3.05) is 5.75 Å². The molecular weight excluding hydrogens is 370 g/mol. The molecule has 1 atom stereocenters. The molecule has 0 saturated heterocycles. The number of hydrogen-bond donors (Lipinski definition) is 2. The molecule has 1 N–H and O–H groups in total. The molecule has 0 heterocycles. The minimum atomic E-state index is -0.669. The Balaban J connectivity index is 3.60. The first-order valence-electron chi connectivity index (χ1n) is 11.4. The van der Waals surface area contributed by atoms with Crippen molar-refractivity contribution in [1.29, 1.82) is 0 Å². The van der Waals surface area contributed by atoms with Crippen LogP contribution in [0, 0.1) is 0 Å². The van der Waals surface area contributed by atoms with Crippen LogP contribution in [0.15, 0.2) is 0 Å². The van der Waals surface area contributed by atoms with E-state index in [1.165, 1.54) is 70.6 Å². The molecule has 0 aliphatic carbocycles. The summed E-state index contributed by atoms with van der Waals surface area (Å²) in [5.74, 6) is -0.256. The number of nitrogens with one attached hydrogen (secondary N) is 1. The van der Waals surface area contributed by atoms with E-state index >= 15 is 0 Å². The van der Waals surface area contributed by atoms with Gasteiger partial charge in [-0.2, -0.15) is 12.6 Å². The van der Waals surface area contributed by atoms with Gasteiger partial charge in [0, 0.05) is 12.2 Å². The van der Waals surface area contributed by atoms with Gasteiger partial charge in [-0.05, 0) is 27.2 Å². The van der Waals surface area contributed by atoms with Crippen molar-refractivity contribution >= 4 is 24.5 Å². The van der Waals surface area contributed by atoms with Crippen molar-refractivity contribution < 1.29 is 14.3 Å². The summed E-state index contributed by atoms with van der Waals surface area (Å²) in [5, 5.41) is 2.74. The molecule has 0 bridgehead atoms. The molecule has 1 amide bonds. The lowest BCUT2D eigenvalue weighted by Crippen LogP contribution is -2.45. The van der Waals surface area contributed by atoms with Crippen LogP contribution in [-0.4, -0.2) is 29.3 Å². The Morgan fingerprint density at radius 3 is 1.64 bits per heavy atom. The summed E-state index contributed by atoms with van der Waals surface area (Å²) in [5.41, 5.74) is -0.557. The van der Waals surface area contributed by atoms with Crippen molar-refractivity contribution in [2.24, 2.45) is 0 Å². The van der Waals surface area contributed by atoms with Crippen LogP contribution in [0.25, 0.3) is 0 Å². The van der Waals surface area contributed by atoms with Gasteiger partial charge in [0.15, 0.2) is 0 Å². The van der Waals surface area contributed by atoms with Gasteiger partial charge in [-0.15, -0.1) is 0 Å². The second kappa shape index (κ2) is 17.2. The van der Waals surface area contributed by atoms with Gasteiger partial charge in [-0.3, -0.25) is 4.79 Å². The molecule has 0 aliphatic rings. The van der Waals surface area contributed by atoms with E-state index in [-0.39, 0.29) is 11.7 Å². The summed E-state index contributed by atoms with van der Waals surface area (Å²) in [6.07, 6.45) is 17.1. The maximum Gasteiger partial charge on any atom is 0.330 e. The SMILES string of the molecule is CCCCCCCCCCCCCCCC(=O)N[C@@H](CS)C(=O)OC(C)(C)C. The van der Waals surface area contributed by atoms with Crippen molar-refractivity contribution in [1.82, 2.24) is 5.32 Å². The number of thiol groups is 1. The monoisotopic (exact) mass is 415 g/mol. The Labute approximate surface area is 179 Å². The molecule has 0 aromatic carbocycles. The number of rotatable bonds is 17. The third-order valence-corrected chi connectivity index (χ3v) is 5.08. The fourth-order valence-electron chi connectivity index (χ4n) is 3.12. The number of carbonyl (C=O) groups is 2. The van der Waals surface area contributed by atoms with E-state index in [0.717, 1.165) is 12.8 Å². The second-order valence-corrected chi connectivity index (χ2v) is 9.19. The average molecular weight is 416 g/mol. The highest BCUT2D eigenvalue weighted by atomic mass is 32.1. The van der Waals surface area contributed by atoms with Crippen LogP contribution < -0.4 is 5.32 Å². The maximum absolute atomic E-state index is 12.0. The van der Waals surface area contributed by atoms with E-state index in [4.69, 9.17) is 4.74 Å².